The molecule has 0 fully saturated rings. The predicted molar refractivity (Wildman–Crippen MR) is 79.8 cm³/mol. The van der Waals surface area contributed by atoms with Crippen LogP contribution in [-0.2, 0) is 11.2 Å². The van der Waals surface area contributed by atoms with Crippen molar-refractivity contribution in [1.29, 1.82) is 0 Å². The van der Waals surface area contributed by atoms with Crippen molar-refractivity contribution in [2.75, 3.05) is 33.2 Å². The van der Waals surface area contributed by atoms with Crippen LogP contribution < -0.4 is 5.73 Å². The summed E-state index contributed by atoms with van der Waals surface area (Å²) in [7, 11) is 1.62. The molecule has 112 valence electrons. The lowest BCUT2D eigenvalue weighted by atomic mass is 10.3. The van der Waals surface area contributed by atoms with Crippen LogP contribution in [0.1, 0.15) is 29.3 Å². The molecular formula is C13H22N4O2S. The minimum Gasteiger partial charge on any atom is -0.342 e. The van der Waals surface area contributed by atoms with Gasteiger partial charge in [-0.3, -0.25) is 9.59 Å². The summed E-state index contributed by atoms with van der Waals surface area (Å²) in [6, 6.07) is 0. The van der Waals surface area contributed by atoms with Crippen LogP contribution >= 0.6 is 11.3 Å². The van der Waals surface area contributed by atoms with Crippen molar-refractivity contribution < 1.29 is 9.59 Å². The van der Waals surface area contributed by atoms with E-state index in [9.17, 15) is 9.59 Å². The first kappa shape index (κ1) is 16.6. The molecule has 0 bridgehead atoms. The molecule has 0 aliphatic heterocycles. The summed E-state index contributed by atoms with van der Waals surface area (Å²) in [6.07, 6.45) is 0.667. The Morgan fingerprint density at radius 1 is 1.35 bits per heavy atom. The number of nitrogens with zero attached hydrogens (tertiary/aromatic N) is 3. The Morgan fingerprint density at radius 3 is 2.55 bits per heavy atom. The molecule has 2 N–H and O–H groups in total. The fraction of sp³-hybridized carbons (Fsp3) is 0.615. The van der Waals surface area contributed by atoms with Crippen LogP contribution in [0.3, 0.4) is 0 Å². The van der Waals surface area contributed by atoms with Gasteiger partial charge >= 0.3 is 0 Å². The van der Waals surface area contributed by atoms with Crippen molar-refractivity contribution in [2.24, 2.45) is 5.73 Å². The lowest BCUT2D eigenvalue weighted by Gasteiger charge is -2.22. The zero-order valence-electron chi connectivity index (χ0n) is 12.3. The van der Waals surface area contributed by atoms with E-state index < -0.39 is 0 Å². The lowest BCUT2D eigenvalue weighted by molar-refractivity contribution is -0.131. The van der Waals surface area contributed by atoms with E-state index in [0.29, 0.717) is 31.7 Å². The number of amides is 2. The number of likely N-dealkylation sites (N-methyl/N-ethyl adjacent to an activating group) is 2. The van der Waals surface area contributed by atoms with Crippen LogP contribution in [0.2, 0.25) is 0 Å². The summed E-state index contributed by atoms with van der Waals surface area (Å²) < 4.78 is 0. The molecule has 0 aliphatic carbocycles. The van der Waals surface area contributed by atoms with E-state index in [4.69, 9.17) is 5.73 Å². The molecule has 0 saturated heterocycles. The fourth-order valence-corrected chi connectivity index (χ4v) is 2.58. The summed E-state index contributed by atoms with van der Waals surface area (Å²) >= 11 is 1.42. The minimum atomic E-state index is -0.231. The zero-order chi connectivity index (χ0) is 15.1. The van der Waals surface area contributed by atoms with Crippen LogP contribution in [0.25, 0.3) is 0 Å². The van der Waals surface area contributed by atoms with Crippen molar-refractivity contribution in [3.63, 3.8) is 0 Å². The van der Waals surface area contributed by atoms with Gasteiger partial charge in [-0.15, -0.1) is 11.3 Å². The van der Waals surface area contributed by atoms with Crippen molar-refractivity contribution in [3.8, 4) is 0 Å². The molecule has 0 aromatic carbocycles. The van der Waals surface area contributed by atoms with Gasteiger partial charge in [-0.25, -0.2) is 4.98 Å². The number of aromatic nitrogens is 1. The quantitative estimate of drug-likeness (QED) is 0.799. The SMILES string of the molecule is CCN(CC)C(=O)CN(C)C(=O)c1csc(CCN)n1. The van der Waals surface area contributed by atoms with Crippen molar-refractivity contribution in [3.05, 3.63) is 16.1 Å². The normalized spacial score (nSPS) is 10.4. The Labute approximate surface area is 123 Å². The standard InChI is InChI=1S/C13H22N4O2S/c1-4-17(5-2)12(18)8-16(3)13(19)10-9-20-11(15-10)6-7-14/h9H,4-8,14H2,1-3H3. The van der Waals surface area contributed by atoms with Gasteiger partial charge in [0.15, 0.2) is 0 Å². The van der Waals surface area contributed by atoms with Gasteiger partial charge in [0.2, 0.25) is 5.91 Å². The molecule has 1 aromatic rings. The minimum absolute atomic E-state index is 0.0525. The first-order valence-electron chi connectivity index (χ1n) is 6.71. The second kappa shape index (κ2) is 7.96. The Morgan fingerprint density at radius 2 is 2.00 bits per heavy atom. The van der Waals surface area contributed by atoms with Gasteiger partial charge in [0.25, 0.3) is 5.91 Å². The van der Waals surface area contributed by atoms with Crippen LogP contribution in [0.4, 0.5) is 0 Å². The number of carbonyl (C=O) groups excluding carboxylic acids is 2. The first-order valence-corrected chi connectivity index (χ1v) is 7.59. The summed E-state index contributed by atoms with van der Waals surface area (Å²) in [5.41, 5.74) is 5.84. The predicted octanol–water partition coefficient (Wildman–Crippen LogP) is 0.585. The fourth-order valence-electron chi connectivity index (χ4n) is 1.79. The average molecular weight is 298 g/mol. The highest BCUT2D eigenvalue weighted by atomic mass is 32.1. The Kier molecular flexibility index (Phi) is 6.60. The van der Waals surface area contributed by atoms with Crippen LogP contribution in [0, 0.1) is 0 Å². The average Bonchev–Trinajstić information content (AvgIpc) is 2.88. The van der Waals surface area contributed by atoms with E-state index in [1.54, 1.807) is 17.3 Å². The number of carbonyl (C=O) groups is 2. The van der Waals surface area contributed by atoms with Crippen LogP contribution in [0.5, 0.6) is 0 Å². The highest BCUT2D eigenvalue weighted by Crippen LogP contribution is 2.11. The number of thiazole rings is 1. The molecule has 1 heterocycles. The third-order valence-corrected chi connectivity index (χ3v) is 3.87. The maximum absolute atomic E-state index is 12.2. The van der Waals surface area contributed by atoms with E-state index in [2.05, 4.69) is 4.98 Å². The molecule has 0 unspecified atom stereocenters. The van der Waals surface area contributed by atoms with Gasteiger partial charge in [0.1, 0.15) is 5.69 Å². The molecule has 7 heteroatoms. The molecule has 0 saturated carbocycles. The third-order valence-electron chi connectivity index (χ3n) is 2.96. The van der Waals surface area contributed by atoms with E-state index >= 15 is 0 Å². The van der Waals surface area contributed by atoms with E-state index in [0.717, 1.165) is 5.01 Å². The highest BCUT2D eigenvalue weighted by molar-refractivity contribution is 7.09. The summed E-state index contributed by atoms with van der Waals surface area (Å²) in [5, 5.41) is 2.56. The van der Waals surface area contributed by atoms with Gasteiger partial charge in [0.05, 0.1) is 11.6 Å². The second-order valence-corrected chi connectivity index (χ2v) is 5.34. The molecular weight excluding hydrogens is 276 g/mol. The van der Waals surface area contributed by atoms with E-state index in [1.165, 1.54) is 16.2 Å². The third kappa shape index (κ3) is 4.28. The van der Waals surface area contributed by atoms with E-state index in [-0.39, 0.29) is 18.4 Å². The van der Waals surface area contributed by atoms with Crippen LogP contribution in [0.15, 0.2) is 5.38 Å². The molecule has 1 aromatic heterocycles. The lowest BCUT2D eigenvalue weighted by Crippen LogP contribution is -2.41. The van der Waals surface area contributed by atoms with Gasteiger partial charge < -0.3 is 15.5 Å². The largest absolute Gasteiger partial charge is 0.342 e. The molecule has 0 radical (unpaired) electrons. The molecule has 1 rings (SSSR count). The van der Waals surface area contributed by atoms with E-state index in [1.807, 2.05) is 13.8 Å². The molecule has 0 aliphatic rings. The molecule has 0 spiro atoms. The Bertz CT molecular complexity index is 457. The van der Waals surface area contributed by atoms with Crippen molar-refractivity contribution in [1.82, 2.24) is 14.8 Å². The van der Waals surface area contributed by atoms with Crippen molar-refractivity contribution in [2.45, 2.75) is 20.3 Å². The summed E-state index contributed by atoms with van der Waals surface area (Å²) in [6.45, 7) is 5.72. The van der Waals surface area contributed by atoms with Gasteiger partial charge in [-0.2, -0.15) is 0 Å². The Hall–Kier alpha value is -1.47. The number of nitrogens with two attached hydrogens (primary N) is 1. The smallest absolute Gasteiger partial charge is 0.273 e. The van der Waals surface area contributed by atoms with Gasteiger partial charge in [-0.1, -0.05) is 0 Å². The first-order chi connectivity index (χ1) is 9.53. The molecule has 0 atom stereocenters. The van der Waals surface area contributed by atoms with Crippen LogP contribution in [-0.4, -0.2) is 59.8 Å². The second-order valence-electron chi connectivity index (χ2n) is 4.39. The number of hydrogen-bond acceptors (Lipinski definition) is 5. The van der Waals surface area contributed by atoms with Crippen molar-refractivity contribution >= 4 is 23.2 Å². The topological polar surface area (TPSA) is 79.5 Å². The summed E-state index contributed by atoms with van der Waals surface area (Å²) in [4.78, 5) is 31.5. The van der Waals surface area contributed by atoms with Gasteiger partial charge in [-0.05, 0) is 20.4 Å². The maximum Gasteiger partial charge on any atom is 0.273 e. The molecule has 20 heavy (non-hydrogen) atoms. The zero-order valence-corrected chi connectivity index (χ0v) is 13.1. The van der Waals surface area contributed by atoms with Gasteiger partial charge in [0, 0.05) is 31.9 Å². The number of rotatable bonds is 7. The molecule has 6 nitrogen and oxygen atoms in total. The number of hydrogen-bond donors (Lipinski definition) is 1. The Balaban J connectivity index is 2.64. The monoisotopic (exact) mass is 298 g/mol. The highest BCUT2D eigenvalue weighted by Gasteiger charge is 2.19. The maximum atomic E-state index is 12.2. The molecule has 2 amide bonds. The summed E-state index contributed by atoms with van der Waals surface area (Å²) in [5.74, 6) is -0.284.